The van der Waals surface area contributed by atoms with Crippen molar-refractivity contribution < 1.29 is 0 Å². The van der Waals surface area contributed by atoms with Crippen molar-refractivity contribution in [1.82, 2.24) is 0 Å². The lowest BCUT2D eigenvalue weighted by atomic mass is 9.63. The molecule has 0 spiro atoms. The van der Waals surface area contributed by atoms with Crippen LogP contribution < -0.4 is 5.73 Å². The van der Waals surface area contributed by atoms with Gasteiger partial charge in [0.2, 0.25) is 0 Å². The Bertz CT molecular complexity index is 296. The highest BCUT2D eigenvalue weighted by Gasteiger charge is 2.40. The molecule has 0 aliphatic heterocycles. The van der Waals surface area contributed by atoms with Gasteiger partial charge in [-0.25, -0.2) is 0 Å². The Kier molecular flexibility index (Phi) is 3.44. The van der Waals surface area contributed by atoms with Crippen molar-refractivity contribution in [3.63, 3.8) is 0 Å². The standard InChI is InChI=1S/C14H25N/c1-9(2)12-8-7-11(5)14(6,10(3)4)13(12)15/h7-10,13H,15H2,1-6H3. The first-order valence-electron chi connectivity index (χ1n) is 5.96. The molecule has 1 rings (SSSR count). The second kappa shape index (κ2) is 4.13. The van der Waals surface area contributed by atoms with Crippen LogP contribution in [0.1, 0.15) is 41.5 Å². The molecule has 86 valence electrons. The Balaban J connectivity index is 3.15. The van der Waals surface area contributed by atoms with Gasteiger partial charge in [-0.3, -0.25) is 0 Å². The molecule has 0 aromatic heterocycles. The zero-order valence-corrected chi connectivity index (χ0v) is 11.0. The summed E-state index contributed by atoms with van der Waals surface area (Å²) in [6.45, 7) is 13.5. The summed E-state index contributed by atoms with van der Waals surface area (Å²) >= 11 is 0. The van der Waals surface area contributed by atoms with Gasteiger partial charge in [-0.1, -0.05) is 57.9 Å². The maximum absolute atomic E-state index is 6.44. The fraction of sp³-hybridized carbons (Fsp3) is 0.714. The molecule has 0 heterocycles. The fourth-order valence-electron chi connectivity index (χ4n) is 2.46. The van der Waals surface area contributed by atoms with E-state index in [-0.39, 0.29) is 11.5 Å². The zero-order valence-electron chi connectivity index (χ0n) is 11.0. The lowest BCUT2D eigenvalue weighted by Gasteiger charge is -2.44. The normalized spacial score (nSPS) is 31.9. The van der Waals surface area contributed by atoms with Crippen LogP contribution in [0.25, 0.3) is 0 Å². The van der Waals surface area contributed by atoms with Gasteiger partial charge in [-0.2, -0.15) is 0 Å². The number of allylic oxidation sites excluding steroid dienone is 2. The van der Waals surface area contributed by atoms with Crippen molar-refractivity contribution in [2.75, 3.05) is 0 Å². The van der Waals surface area contributed by atoms with Crippen LogP contribution in [0.3, 0.4) is 0 Å². The fourth-order valence-corrected chi connectivity index (χ4v) is 2.46. The monoisotopic (exact) mass is 207 g/mol. The van der Waals surface area contributed by atoms with Gasteiger partial charge in [0.1, 0.15) is 0 Å². The number of nitrogens with two attached hydrogens (primary N) is 1. The van der Waals surface area contributed by atoms with E-state index in [9.17, 15) is 0 Å². The predicted octanol–water partition coefficient (Wildman–Crippen LogP) is 3.52. The van der Waals surface area contributed by atoms with Crippen molar-refractivity contribution in [2.45, 2.75) is 47.6 Å². The lowest BCUT2D eigenvalue weighted by molar-refractivity contribution is 0.229. The van der Waals surface area contributed by atoms with Crippen molar-refractivity contribution in [3.05, 3.63) is 23.3 Å². The van der Waals surface area contributed by atoms with Crippen LogP contribution >= 0.6 is 0 Å². The molecule has 15 heavy (non-hydrogen) atoms. The second-order valence-electron chi connectivity index (χ2n) is 5.59. The smallest absolute Gasteiger partial charge is 0.0354 e. The van der Waals surface area contributed by atoms with E-state index in [0.717, 1.165) is 0 Å². The highest BCUT2D eigenvalue weighted by Crippen LogP contribution is 2.44. The Labute approximate surface area is 94.4 Å². The molecule has 2 unspecified atom stereocenters. The molecule has 1 aliphatic carbocycles. The molecular formula is C14H25N. The van der Waals surface area contributed by atoms with Crippen LogP contribution in [0.5, 0.6) is 0 Å². The molecule has 0 aromatic carbocycles. The van der Waals surface area contributed by atoms with Crippen LogP contribution in [-0.4, -0.2) is 6.04 Å². The minimum Gasteiger partial charge on any atom is -0.323 e. The van der Waals surface area contributed by atoms with E-state index in [4.69, 9.17) is 5.73 Å². The topological polar surface area (TPSA) is 26.0 Å². The number of hydrogen-bond donors (Lipinski definition) is 1. The van der Waals surface area contributed by atoms with Gasteiger partial charge >= 0.3 is 0 Å². The van der Waals surface area contributed by atoms with E-state index in [1.54, 1.807) is 0 Å². The highest BCUT2D eigenvalue weighted by atomic mass is 14.7. The molecule has 0 fully saturated rings. The van der Waals surface area contributed by atoms with Crippen molar-refractivity contribution >= 4 is 0 Å². The Morgan fingerprint density at radius 2 is 1.73 bits per heavy atom. The van der Waals surface area contributed by atoms with E-state index in [1.165, 1.54) is 11.1 Å². The Morgan fingerprint density at radius 3 is 2.13 bits per heavy atom. The van der Waals surface area contributed by atoms with E-state index >= 15 is 0 Å². The summed E-state index contributed by atoms with van der Waals surface area (Å²) in [4.78, 5) is 0. The van der Waals surface area contributed by atoms with Crippen molar-refractivity contribution in [3.8, 4) is 0 Å². The first-order valence-corrected chi connectivity index (χ1v) is 5.96. The maximum atomic E-state index is 6.44. The van der Waals surface area contributed by atoms with Crippen LogP contribution in [0.4, 0.5) is 0 Å². The minimum atomic E-state index is 0.119. The van der Waals surface area contributed by atoms with Gasteiger partial charge in [0.05, 0.1) is 0 Å². The molecule has 1 aliphatic rings. The largest absolute Gasteiger partial charge is 0.323 e. The molecule has 2 atom stereocenters. The molecule has 1 nitrogen and oxygen atoms in total. The van der Waals surface area contributed by atoms with Gasteiger partial charge in [0.25, 0.3) is 0 Å². The molecule has 2 N–H and O–H groups in total. The summed E-state index contributed by atoms with van der Waals surface area (Å²) in [7, 11) is 0. The average molecular weight is 207 g/mol. The van der Waals surface area contributed by atoms with E-state index in [0.29, 0.717) is 11.8 Å². The first-order chi connectivity index (χ1) is 6.81. The number of rotatable bonds is 2. The molecule has 0 radical (unpaired) electrons. The average Bonchev–Trinajstić information content (AvgIpc) is 2.13. The van der Waals surface area contributed by atoms with E-state index < -0.39 is 0 Å². The quantitative estimate of drug-likeness (QED) is 0.736. The Hall–Kier alpha value is -0.560. The van der Waals surface area contributed by atoms with E-state index in [1.807, 2.05) is 0 Å². The van der Waals surface area contributed by atoms with Crippen LogP contribution in [0.15, 0.2) is 23.3 Å². The summed E-state index contributed by atoms with van der Waals surface area (Å²) in [5.74, 6) is 1.12. The predicted molar refractivity (Wildman–Crippen MR) is 67.6 cm³/mol. The number of hydrogen-bond acceptors (Lipinski definition) is 1. The molecule has 0 aromatic rings. The van der Waals surface area contributed by atoms with Crippen LogP contribution in [-0.2, 0) is 0 Å². The zero-order chi connectivity index (χ0) is 11.8. The minimum absolute atomic E-state index is 0.119. The summed E-state index contributed by atoms with van der Waals surface area (Å²) in [5, 5.41) is 0. The van der Waals surface area contributed by atoms with Gasteiger partial charge in [0, 0.05) is 11.5 Å². The summed E-state index contributed by atoms with van der Waals surface area (Å²) in [5.41, 5.74) is 9.36. The Morgan fingerprint density at radius 1 is 1.20 bits per heavy atom. The highest BCUT2D eigenvalue weighted by molar-refractivity contribution is 5.36. The van der Waals surface area contributed by atoms with Crippen molar-refractivity contribution in [1.29, 1.82) is 0 Å². The maximum Gasteiger partial charge on any atom is 0.0354 e. The first kappa shape index (κ1) is 12.5. The molecule has 0 saturated carbocycles. The lowest BCUT2D eigenvalue weighted by Crippen LogP contribution is -2.47. The van der Waals surface area contributed by atoms with Crippen LogP contribution in [0.2, 0.25) is 0 Å². The third-order valence-corrected chi connectivity index (χ3v) is 4.25. The molecule has 1 heteroatoms. The van der Waals surface area contributed by atoms with E-state index in [2.05, 4.69) is 53.7 Å². The second-order valence-corrected chi connectivity index (χ2v) is 5.59. The molecule has 0 amide bonds. The van der Waals surface area contributed by atoms with Crippen LogP contribution in [0, 0.1) is 17.3 Å². The van der Waals surface area contributed by atoms with Gasteiger partial charge in [-0.05, 0) is 18.8 Å². The molecular weight excluding hydrogens is 182 g/mol. The molecule has 0 saturated heterocycles. The third kappa shape index (κ3) is 1.90. The summed E-state index contributed by atoms with van der Waals surface area (Å²) in [6.07, 6.45) is 4.47. The SMILES string of the molecule is CC1=CC=C(C(C)C)C(N)C1(C)C(C)C. The summed E-state index contributed by atoms with van der Waals surface area (Å²) in [6, 6.07) is 0.169. The van der Waals surface area contributed by atoms with Gasteiger partial charge in [0.15, 0.2) is 0 Å². The van der Waals surface area contributed by atoms with Crippen molar-refractivity contribution in [2.24, 2.45) is 23.0 Å². The van der Waals surface area contributed by atoms with Gasteiger partial charge < -0.3 is 5.73 Å². The summed E-state index contributed by atoms with van der Waals surface area (Å²) < 4.78 is 0. The van der Waals surface area contributed by atoms with Gasteiger partial charge in [-0.15, -0.1) is 0 Å². The molecule has 0 bridgehead atoms. The third-order valence-electron chi connectivity index (χ3n) is 4.25.